The second-order valence-electron chi connectivity index (χ2n) is 5.48. The molecule has 0 N–H and O–H groups in total. The van der Waals surface area contributed by atoms with E-state index in [0.717, 1.165) is 0 Å². The van der Waals surface area contributed by atoms with Crippen LogP contribution in [0.2, 0.25) is 0 Å². The Bertz CT molecular complexity index is 746. The number of benzene rings is 2. The first-order valence-electron chi connectivity index (χ1n) is 7.46. The molecular weight excluding hydrogens is 266 g/mol. The third-order valence-electron chi connectivity index (χ3n) is 3.55. The number of allylic oxidation sites excluding steroid dienone is 6. The molecule has 0 saturated carbocycles. The number of anilines is 1. The average molecular weight is 289 g/mol. The van der Waals surface area contributed by atoms with Gasteiger partial charge in [-0.05, 0) is 23.9 Å². The Balaban J connectivity index is 2.41. The summed E-state index contributed by atoms with van der Waals surface area (Å²) in [6.45, 7) is 5.77. The number of hydrogen-bond donors (Lipinski definition) is 0. The molecule has 2 aromatic rings. The number of fused-ring (bicyclic) bond motifs is 1. The predicted molar refractivity (Wildman–Crippen MR) is 100 cm³/mol. The van der Waals surface area contributed by atoms with Crippen LogP contribution in [-0.2, 0) is 0 Å². The molecule has 0 aliphatic carbocycles. The maximum Gasteiger partial charge on any atom is 0.0441 e. The van der Waals surface area contributed by atoms with Crippen molar-refractivity contribution in [2.75, 3.05) is 19.0 Å². The van der Waals surface area contributed by atoms with Crippen LogP contribution in [0.5, 0.6) is 0 Å². The van der Waals surface area contributed by atoms with E-state index in [4.69, 9.17) is 0 Å². The normalized spacial score (nSPS) is 12.4. The summed E-state index contributed by atoms with van der Waals surface area (Å²) in [6, 6.07) is 12.9. The third kappa shape index (κ3) is 3.76. The van der Waals surface area contributed by atoms with E-state index >= 15 is 0 Å². The van der Waals surface area contributed by atoms with E-state index in [0.29, 0.717) is 0 Å². The van der Waals surface area contributed by atoms with Crippen molar-refractivity contribution < 1.29 is 0 Å². The fourth-order valence-electron chi connectivity index (χ4n) is 2.40. The molecule has 0 unspecified atom stereocenters. The minimum atomic E-state index is 1.21. The lowest BCUT2D eigenvalue weighted by Crippen LogP contribution is -2.09. The molecule has 1 heteroatoms. The van der Waals surface area contributed by atoms with Gasteiger partial charge < -0.3 is 4.90 Å². The van der Waals surface area contributed by atoms with Gasteiger partial charge in [0.2, 0.25) is 0 Å². The topological polar surface area (TPSA) is 3.24 Å². The molecular formula is C21H23N. The summed E-state index contributed by atoms with van der Waals surface area (Å²) in [5, 5.41) is 2.56. The van der Waals surface area contributed by atoms with Crippen molar-refractivity contribution in [3.63, 3.8) is 0 Å². The van der Waals surface area contributed by atoms with Crippen LogP contribution in [0.15, 0.2) is 78.9 Å². The zero-order valence-electron chi connectivity index (χ0n) is 13.6. The number of hydrogen-bond acceptors (Lipinski definition) is 1. The largest absolute Gasteiger partial charge is 0.377 e. The monoisotopic (exact) mass is 289 g/mol. The molecule has 0 spiro atoms. The number of nitrogens with zero attached hydrogens (tertiary/aromatic N) is 1. The van der Waals surface area contributed by atoms with Gasteiger partial charge in [0.05, 0.1) is 0 Å². The predicted octanol–water partition coefficient (Wildman–Crippen LogP) is 5.61. The van der Waals surface area contributed by atoms with E-state index < -0.39 is 0 Å². The van der Waals surface area contributed by atoms with Crippen molar-refractivity contribution in [2.45, 2.75) is 6.92 Å². The van der Waals surface area contributed by atoms with E-state index in [1.54, 1.807) is 6.08 Å². The maximum absolute atomic E-state index is 3.67. The molecule has 0 aromatic heterocycles. The maximum atomic E-state index is 3.67. The van der Waals surface area contributed by atoms with Crippen molar-refractivity contribution in [2.24, 2.45) is 0 Å². The van der Waals surface area contributed by atoms with Crippen LogP contribution in [0.1, 0.15) is 12.5 Å². The van der Waals surface area contributed by atoms with Crippen LogP contribution in [0.25, 0.3) is 16.8 Å². The van der Waals surface area contributed by atoms with E-state index in [2.05, 4.69) is 87.1 Å². The SMILES string of the molecule is C=C\C=C/C=C(C)/C=C/c1ccc(N(C)C)c2ccccc12. The van der Waals surface area contributed by atoms with Crippen LogP contribution in [-0.4, -0.2) is 14.1 Å². The summed E-state index contributed by atoms with van der Waals surface area (Å²) in [5.74, 6) is 0. The number of rotatable bonds is 5. The second-order valence-corrected chi connectivity index (χ2v) is 5.48. The van der Waals surface area contributed by atoms with E-state index in [1.807, 2.05) is 12.2 Å². The molecule has 0 fully saturated rings. The van der Waals surface area contributed by atoms with Crippen molar-refractivity contribution in [1.82, 2.24) is 0 Å². The van der Waals surface area contributed by atoms with Crippen molar-refractivity contribution >= 4 is 22.5 Å². The van der Waals surface area contributed by atoms with Gasteiger partial charge in [-0.1, -0.05) is 78.9 Å². The summed E-state index contributed by atoms with van der Waals surface area (Å²) in [4.78, 5) is 2.15. The Morgan fingerprint density at radius 3 is 2.41 bits per heavy atom. The van der Waals surface area contributed by atoms with Gasteiger partial charge in [0.15, 0.2) is 0 Å². The molecule has 0 bridgehead atoms. The van der Waals surface area contributed by atoms with Gasteiger partial charge in [-0.3, -0.25) is 0 Å². The Labute approximate surface area is 133 Å². The fraction of sp³-hybridized carbons (Fsp3) is 0.143. The van der Waals surface area contributed by atoms with Crippen LogP contribution in [0.3, 0.4) is 0 Å². The van der Waals surface area contributed by atoms with E-state index in [9.17, 15) is 0 Å². The zero-order chi connectivity index (χ0) is 15.9. The minimum Gasteiger partial charge on any atom is -0.377 e. The van der Waals surface area contributed by atoms with Gasteiger partial charge >= 0.3 is 0 Å². The lowest BCUT2D eigenvalue weighted by atomic mass is 10.0. The summed E-state index contributed by atoms with van der Waals surface area (Å²) in [7, 11) is 4.16. The molecule has 1 nitrogen and oxygen atoms in total. The van der Waals surface area contributed by atoms with Crippen molar-refractivity contribution in [1.29, 1.82) is 0 Å². The smallest absolute Gasteiger partial charge is 0.0441 e. The molecule has 2 aromatic carbocycles. The highest BCUT2D eigenvalue weighted by Gasteiger charge is 2.05. The van der Waals surface area contributed by atoms with Crippen LogP contribution in [0, 0.1) is 0 Å². The van der Waals surface area contributed by atoms with Gasteiger partial charge in [0.25, 0.3) is 0 Å². The highest BCUT2D eigenvalue weighted by atomic mass is 15.1. The summed E-state index contributed by atoms with van der Waals surface area (Å²) in [6.07, 6.45) is 12.1. The summed E-state index contributed by atoms with van der Waals surface area (Å²) >= 11 is 0. The van der Waals surface area contributed by atoms with Crippen molar-refractivity contribution in [3.8, 4) is 0 Å². The first-order chi connectivity index (χ1) is 10.6. The Kier molecular flexibility index (Phi) is 5.37. The molecule has 0 aliphatic rings. The van der Waals surface area contributed by atoms with Crippen molar-refractivity contribution in [3.05, 3.63) is 84.5 Å². The van der Waals surface area contributed by atoms with Crippen LogP contribution >= 0.6 is 0 Å². The molecule has 112 valence electrons. The highest BCUT2D eigenvalue weighted by Crippen LogP contribution is 2.29. The van der Waals surface area contributed by atoms with Crippen LogP contribution in [0.4, 0.5) is 5.69 Å². The van der Waals surface area contributed by atoms with Gasteiger partial charge in [0.1, 0.15) is 0 Å². The summed E-state index contributed by atoms with van der Waals surface area (Å²) < 4.78 is 0. The molecule has 2 rings (SSSR count). The molecule has 0 atom stereocenters. The molecule has 0 aliphatic heterocycles. The standard InChI is InChI=1S/C21H23N/c1-5-6-7-10-17(2)13-14-18-15-16-21(22(3)4)20-12-9-8-11-19(18)20/h5-16H,1H2,2-4H3/b7-6-,14-13+,17-10+. The highest BCUT2D eigenvalue weighted by molar-refractivity contribution is 5.99. The van der Waals surface area contributed by atoms with E-state index in [-0.39, 0.29) is 0 Å². The molecule has 0 heterocycles. The lowest BCUT2D eigenvalue weighted by molar-refractivity contribution is 1.14. The zero-order valence-corrected chi connectivity index (χ0v) is 13.6. The average Bonchev–Trinajstić information content (AvgIpc) is 2.52. The Hall–Kier alpha value is -2.54. The quantitative estimate of drug-likeness (QED) is 0.647. The first kappa shape index (κ1) is 15.8. The molecule has 0 amide bonds. The second kappa shape index (κ2) is 7.46. The van der Waals surface area contributed by atoms with E-state index in [1.165, 1.54) is 27.6 Å². The molecule has 0 saturated heterocycles. The molecule has 22 heavy (non-hydrogen) atoms. The van der Waals surface area contributed by atoms with Gasteiger partial charge in [-0.15, -0.1) is 0 Å². The van der Waals surface area contributed by atoms with Gasteiger partial charge in [-0.25, -0.2) is 0 Å². The fourth-order valence-corrected chi connectivity index (χ4v) is 2.40. The minimum absolute atomic E-state index is 1.21. The van der Waals surface area contributed by atoms with Gasteiger partial charge in [-0.2, -0.15) is 0 Å². The molecule has 0 radical (unpaired) electrons. The third-order valence-corrected chi connectivity index (χ3v) is 3.55. The Morgan fingerprint density at radius 2 is 1.73 bits per heavy atom. The lowest BCUT2D eigenvalue weighted by Gasteiger charge is -2.16. The Morgan fingerprint density at radius 1 is 1.00 bits per heavy atom. The summed E-state index contributed by atoms with van der Waals surface area (Å²) in [5.41, 5.74) is 3.69. The van der Waals surface area contributed by atoms with Gasteiger partial charge in [0, 0.05) is 25.2 Å². The van der Waals surface area contributed by atoms with Crippen LogP contribution < -0.4 is 4.90 Å². The first-order valence-corrected chi connectivity index (χ1v) is 7.46.